The fourth-order valence-corrected chi connectivity index (χ4v) is 5.25. The molecule has 7 heteroatoms. The van der Waals surface area contributed by atoms with E-state index in [1.165, 1.54) is 56.8 Å². The number of hydrogen-bond donors (Lipinski definition) is 2. The molecule has 2 N–H and O–H groups in total. The molecule has 1 aromatic carbocycles. The maximum Gasteiger partial charge on any atom is 0.191 e. The lowest BCUT2D eigenvalue weighted by molar-refractivity contribution is 0.253. The normalized spacial score (nSPS) is 23.0. The summed E-state index contributed by atoms with van der Waals surface area (Å²) in [4.78, 5) is 9.47. The Labute approximate surface area is 198 Å². The van der Waals surface area contributed by atoms with Gasteiger partial charge in [0.15, 0.2) is 5.96 Å². The molecule has 0 amide bonds. The van der Waals surface area contributed by atoms with Gasteiger partial charge >= 0.3 is 0 Å². The van der Waals surface area contributed by atoms with E-state index in [0.29, 0.717) is 4.75 Å². The van der Waals surface area contributed by atoms with Crippen LogP contribution in [0.2, 0.25) is 0 Å². The fraction of sp³-hybridized carbons (Fsp3) is 0.682. The van der Waals surface area contributed by atoms with Crippen LogP contribution < -0.4 is 15.5 Å². The zero-order valence-corrected chi connectivity index (χ0v) is 21.2. The molecule has 2 aliphatic rings. The molecule has 5 nitrogen and oxygen atoms in total. The molecule has 2 saturated heterocycles. The highest BCUT2D eigenvalue weighted by Crippen LogP contribution is 2.36. The lowest BCUT2D eigenvalue weighted by Crippen LogP contribution is -2.46. The van der Waals surface area contributed by atoms with Gasteiger partial charge in [0.25, 0.3) is 0 Å². The van der Waals surface area contributed by atoms with Gasteiger partial charge in [-0.3, -0.25) is 9.89 Å². The van der Waals surface area contributed by atoms with Crippen LogP contribution in [0, 0.1) is 0 Å². The number of hydrogen-bond acceptors (Lipinski definition) is 4. The molecule has 2 fully saturated rings. The minimum Gasteiger partial charge on any atom is -0.369 e. The van der Waals surface area contributed by atoms with Crippen LogP contribution in [0.5, 0.6) is 0 Å². The first-order valence-electron chi connectivity index (χ1n) is 10.8. The maximum absolute atomic E-state index is 4.37. The number of nitrogens with one attached hydrogen (secondary N) is 2. The maximum atomic E-state index is 4.37. The summed E-state index contributed by atoms with van der Waals surface area (Å²) in [5.74, 6) is 2.24. The number of nitrogens with zero attached hydrogens (tertiary/aromatic N) is 3. The zero-order chi connectivity index (χ0) is 19.7. The molecule has 2 heterocycles. The third kappa shape index (κ3) is 8.17. The summed E-state index contributed by atoms with van der Waals surface area (Å²) in [5.41, 5.74) is 1.36. The van der Waals surface area contributed by atoms with Gasteiger partial charge in [0.05, 0.1) is 0 Å². The number of aliphatic imine (C=N–C) groups is 1. The van der Waals surface area contributed by atoms with Gasteiger partial charge in [-0.15, -0.1) is 24.0 Å². The minimum absolute atomic E-state index is 0. The summed E-state index contributed by atoms with van der Waals surface area (Å²) in [6.45, 7) is 10.2. The smallest absolute Gasteiger partial charge is 0.191 e. The number of unbranched alkanes of at least 4 members (excludes halogenated alkanes) is 1. The highest BCUT2D eigenvalue weighted by Gasteiger charge is 2.29. The molecule has 1 aromatic rings. The predicted molar refractivity (Wildman–Crippen MR) is 139 cm³/mol. The zero-order valence-electron chi connectivity index (χ0n) is 18.0. The minimum atomic E-state index is 0. The summed E-state index contributed by atoms with van der Waals surface area (Å²) >= 11 is 2.09. The standard InChI is InChI=1S/C22H37N5S.HI/c1-22(11-8-18-28-22)19-25-21(23-2)24-12-6-7-13-26-14-16-27(17-15-26)20-9-4-3-5-10-20;/h3-5,9-10H,6-8,11-19H2,1-2H3,(H2,23,24,25);1H. The van der Waals surface area contributed by atoms with E-state index in [1.54, 1.807) is 0 Å². The largest absolute Gasteiger partial charge is 0.369 e. The Hall–Kier alpha value is -0.670. The van der Waals surface area contributed by atoms with Gasteiger partial charge in [-0.1, -0.05) is 18.2 Å². The topological polar surface area (TPSA) is 42.9 Å². The molecule has 164 valence electrons. The molecule has 0 aliphatic carbocycles. The Morgan fingerprint density at radius 3 is 2.52 bits per heavy atom. The second-order valence-electron chi connectivity index (χ2n) is 8.13. The van der Waals surface area contributed by atoms with Gasteiger partial charge in [-0.05, 0) is 57.0 Å². The molecule has 1 atom stereocenters. The summed E-state index contributed by atoms with van der Waals surface area (Å²) in [7, 11) is 1.87. The molecule has 0 aromatic heterocycles. The molecular formula is C22H38IN5S. The molecule has 29 heavy (non-hydrogen) atoms. The monoisotopic (exact) mass is 531 g/mol. The van der Waals surface area contributed by atoms with Gasteiger partial charge in [-0.2, -0.15) is 11.8 Å². The van der Waals surface area contributed by atoms with Crippen LogP contribution in [0.15, 0.2) is 35.3 Å². The number of para-hydroxylation sites is 1. The number of thioether (sulfide) groups is 1. The van der Waals surface area contributed by atoms with Crippen LogP contribution in [0.25, 0.3) is 0 Å². The molecule has 0 spiro atoms. The first-order valence-corrected chi connectivity index (χ1v) is 11.8. The number of anilines is 1. The van der Waals surface area contributed by atoms with Gasteiger partial charge in [-0.25, -0.2) is 0 Å². The summed E-state index contributed by atoms with van der Waals surface area (Å²) in [5, 5.41) is 6.99. The predicted octanol–water partition coefficient (Wildman–Crippen LogP) is 3.66. The van der Waals surface area contributed by atoms with Crippen molar-refractivity contribution in [2.24, 2.45) is 4.99 Å². The summed E-state index contributed by atoms with van der Waals surface area (Å²) in [6, 6.07) is 10.8. The van der Waals surface area contributed by atoms with Crippen molar-refractivity contribution >= 4 is 47.4 Å². The average Bonchev–Trinajstić information content (AvgIpc) is 3.18. The first kappa shape index (κ1) is 24.6. The number of halogens is 1. The van der Waals surface area contributed by atoms with Crippen molar-refractivity contribution < 1.29 is 0 Å². The molecule has 2 aliphatic heterocycles. The lowest BCUT2D eigenvalue weighted by Gasteiger charge is -2.36. The van der Waals surface area contributed by atoms with E-state index in [2.05, 4.69) is 74.4 Å². The van der Waals surface area contributed by atoms with E-state index >= 15 is 0 Å². The van der Waals surface area contributed by atoms with Crippen molar-refractivity contribution in [2.75, 3.05) is 63.5 Å². The molecule has 3 rings (SSSR count). The summed E-state index contributed by atoms with van der Waals surface area (Å²) < 4.78 is 0.375. The Balaban J connectivity index is 0.00000300. The van der Waals surface area contributed by atoms with Gasteiger partial charge < -0.3 is 15.5 Å². The number of piperazine rings is 1. The van der Waals surface area contributed by atoms with E-state index in [-0.39, 0.29) is 24.0 Å². The van der Waals surface area contributed by atoms with Crippen LogP contribution in [-0.2, 0) is 0 Å². The third-order valence-electron chi connectivity index (χ3n) is 5.84. The first-order chi connectivity index (χ1) is 13.7. The van der Waals surface area contributed by atoms with Crippen LogP contribution in [-0.4, -0.2) is 74.2 Å². The van der Waals surface area contributed by atoms with Crippen LogP contribution in [0.3, 0.4) is 0 Å². The second kappa shape index (κ2) is 12.9. The summed E-state index contributed by atoms with van der Waals surface area (Å²) in [6.07, 6.45) is 5.07. The van der Waals surface area contributed by atoms with Crippen LogP contribution in [0.1, 0.15) is 32.6 Å². The van der Waals surface area contributed by atoms with Crippen LogP contribution in [0.4, 0.5) is 5.69 Å². The van der Waals surface area contributed by atoms with E-state index in [1.807, 2.05) is 7.05 Å². The van der Waals surface area contributed by atoms with Gasteiger partial charge in [0.1, 0.15) is 0 Å². The highest BCUT2D eigenvalue weighted by atomic mass is 127. The Kier molecular flexibility index (Phi) is 10.9. The Morgan fingerprint density at radius 1 is 1.10 bits per heavy atom. The highest BCUT2D eigenvalue weighted by molar-refractivity contribution is 14.0. The van der Waals surface area contributed by atoms with Crippen molar-refractivity contribution in [3.05, 3.63) is 30.3 Å². The molecular weight excluding hydrogens is 493 g/mol. The van der Waals surface area contributed by atoms with E-state index < -0.39 is 0 Å². The fourth-order valence-electron chi connectivity index (χ4n) is 4.00. The van der Waals surface area contributed by atoms with Crippen molar-refractivity contribution in [3.8, 4) is 0 Å². The molecule has 1 unspecified atom stereocenters. The SMILES string of the molecule is CN=C(NCCCCN1CCN(c2ccccc2)CC1)NCC1(C)CCCS1.I. The number of guanidine groups is 1. The average molecular weight is 532 g/mol. The van der Waals surface area contributed by atoms with E-state index in [4.69, 9.17) is 0 Å². The van der Waals surface area contributed by atoms with E-state index in [9.17, 15) is 0 Å². The molecule has 0 bridgehead atoms. The number of benzene rings is 1. The van der Waals surface area contributed by atoms with Crippen molar-refractivity contribution in [1.29, 1.82) is 0 Å². The second-order valence-corrected chi connectivity index (χ2v) is 9.81. The quantitative estimate of drug-likeness (QED) is 0.232. The third-order valence-corrected chi connectivity index (χ3v) is 7.38. The van der Waals surface area contributed by atoms with Gasteiger partial charge in [0, 0.05) is 56.8 Å². The van der Waals surface area contributed by atoms with Crippen LogP contribution >= 0.6 is 35.7 Å². The Bertz CT molecular complexity index is 598. The van der Waals surface area contributed by atoms with E-state index in [0.717, 1.165) is 32.1 Å². The van der Waals surface area contributed by atoms with Crippen molar-refractivity contribution in [1.82, 2.24) is 15.5 Å². The van der Waals surface area contributed by atoms with Gasteiger partial charge in [0.2, 0.25) is 0 Å². The number of rotatable bonds is 8. The van der Waals surface area contributed by atoms with Crippen molar-refractivity contribution in [3.63, 3.8) is 0 Å². The lowest BCUT2D eigenvalue weighted by atomic mass is 10.1. The molecule has 0 saturated carbocycles. The molecule has 0 radical (unpaired) electrons. The van der Waals surface area contributed by atoms with Crippen molar-refractivity contribution in [2.45, 2.75) is 37.4 Å². The Morgan fingerprint density at radius 2 is 1.86 bits per heavy atom.